The van der Waals surface area contributed by atoms with E-state index in [1.165, 1.54) is 10.3 Å². The molecule has 104 valence electrons. The van der Waals surface area contributed by atoms with Crippen LogP contribution < -0.4 is 5.32 Å². The van der Waals surface area contributed by atoms with E-state index in [9.17, 15) is 0 Å². The van der Waals surface area contributed by atoms with E-state index in [-0.39, 0.29) is 6.04 Å². The van der Waals surface area contributed by atoms with E-state index in [1.54, 1.807) is 11.3 Å². The Bertz CT molecular complexity index is 696. The molecule has 0 aliphatic carbocycles. The molecule has 2 aromatic heterocycles. The fourth-order valence-electron chi connectivity index (χ4n) is 2.55. The van der Waals surface area contributed by atoms with Crippen molar-refractivity contribution in [2.45, 2.75) is 26.3 Å². The predicted molar refractivity (Wildman–Crippen MR) is 83.3 cm³/mol. The third-order valence-electron chi connectivity index (χ3n) is 3.52. The van der Waals surface area contributed by atoms with Gasteiger partial charge in [0.1, 0.15) is 11.5 Å². The second-order valence-corrected chi connectivity index (χ2v) is 6.10. The zero-order valence-corrected chi connectivity index (χ0v) is 12.8. The lowest BCUT2D eigenvalue weighted by molar-refractivity contribution is 0.490. The zero-order chi connectivity index (χ0) is 14.1. The van der Waals surface area contributed by atoms with Crippen LogP contribution in [0.4, 0.5) is 0 Å². The summed E-state index contributed by atoms with van der Waals surface area (Å²) in [7, 11) is 1.99. The summed E-state index contributed by atoms with van der Waals surface area (Å²) < 4.78 is 6.88. The normalized spacial score (nSPS) is 12.9. The number of aryl methyl sites for hydroxylation is 2. The summed E-state index contributed by atoms with van der Waals surface area (Å²) in [4.78, 5) is 4.71. The van der Waals surface area contributed by atoms with Crippen molar-refractivity contribution in [3.8, 4) is 0 Å². The van der Waals surface area contributed by atoms with Gasteiger partial charge in [-0.15, -0.1) is 11.3 Å². The molecule has 20 heavy (non-hydrogen) atoms. The summed E-state index contributed by atoms with van der Waals surface area (Å²) in [6, 6.07) is 10.6. The number of fused-ring (bicyclic) bond motifs is 1. The van der Waals surface area contributed by atoms with Crippen molar-refractivity contribution in [1.82, 2.24) is 10.3 Å². The summed E-state index contributed by atoms with van der Waals surface area (Å²) in [5.74, 6) is 1.95. The highest BCUT2D eigenvalue weighted by Gasteiger charge is 2.18. The molecule has 4 heteroatoms. The highest BCUT2D eigenvalue weighted by Crippen LogP contribution is 2.28. The van der Waals surface area contributed by atoms with Gasteiger partial charge in [-0.2, -0.15) is 0 Å². The van der Waals surface area contributed by atoms with E-state index in [0.29, 0.717) is 0 Å². The fourth-order valence-corrected chi connectivity index (χ4v) is 3.56. The van der Waals surface area contributed by atoms with Gasteiger partial charge in [0, 0.05) is 18.0 Å². The van der Waals surface area contributed by atoms with E-state index in [2.05, 4.69) is 29.6 Å². The number of rotatable bonds is 4. The SMILES string of the molecule is CNC(Cc1nc2ccccc2s1)c1cc(C)oc1C. The van der Waals surface area contributed by atoms with E-state index in [4.69, 9.17) is 9.40 Å². The number of hydrogen-bond donors (Lipinski definition) is 1. The van der Waals surface area contributed by atoms with Gasteiger partial charge in [0.15, 0.2) is 0 Å². The molecule has 0 aliphatic heterocycles. The number of hydrogen-bond acceptors (Lipinski definition) is 4. The first-order valence-corrected chi connectivity index (χ1v) is 7.57. The van der Waals surface area contributed by atoms with Crippen molar-refractivity contribution in [3.63, 3.8) is 0 Å². The maximum absolute atomic E-state index is 5.64. The van der Waals surface area contributed by atoms with Crippen molar-refractivity contribution in [3.05, 3.63) is 52.4 Å². The smallest absolute Gasteiger partial charge is 0.105 e. The van der Waals surface area contributed by atoms with Gasteiger partial charge in [-0.05, 0) is 39.1 Å². The largest absolute Gasteiger partial charge is 0.466 e. The first kappa shape index (κ1) is 13.3. The van der Waals surface area contributed by atoms with Crippen molar-refractivity contribution >= 4 is 21.6 Å². The molecule has 3 aromatic rings. The van der Waals surface area contributed by atoms with E-state index in [1.807, 2.05) is 27.0 Å². The lowest BCUT2D eigenvalue weighted by atomic mass is 10.0. The van der Waals surface area contributed by atoms with Crippen LogP contribution in [0.15, 0.2) is 34.7 Å². The molecule has 1 N–H and O–H groups in total. The number of aromatic nitrogens is 1. The summed E-state index contributed by atoms with van der Waals surface area (Å²) in [5.41, 5.74) is 2.31. The van der Waals surface area contributed by atoms with Gasteiger partial charge in [0.2, 0.25) is 0 Å². The molecular formula is C16H18N2OS. The summed E-state index contributed by atoms with van der Waals surface area (Å²) >= 11 is 1.77. The highest BCUT2D eigenvalue weighted by molar-refractivity contribution is 7.18. The number of thiazole rings is 1. The van der Waals surface area contributed by atoms with Gasteiger partial charge < -0.3 is 9.73 Å². The molecule has 1 aromatic carbocycles. The number of para-hydroxylation sites is 1. The Hall–Kier alpha value is -1.65. The van der Waals surface area contributed by atoms with Crippen LogP contribution in [0.25, 0.3) is 10.2 Å². The van der Waals surface area contributed by atoms with Gasteiger partial charge in [-0.25, -0.2) is 4.98 Å². The summed E-state index contributed by atoms with van der Waals surface area (Å²) in [5, 5.41) is 4.53. The van der Waals surface area contributed by atoms with Crippen LogP contribution in [-0.2, 0) is 6.42 Å². The minimum atomic E-state index is 0.244. The molecule has 1 atom stereocenters. The van der Waals surface area contributed by atoms with Gasteiger partial charge in [0.25, 0.3) is 0 Å². The van der Waals surface area contributed by atoms with Crippen LogP contribution in [0.3, 0.4) is 0 Å². The van der Waals surface area contributed by atoms with Crippen LogP contribution in [0.2, 0.25) is 0 Å². The van der Waals surface area contributed by atoms with E-state index < -0.39 is 0 Å². The number of likely N-dealkylation sites (N-methyl/N-ethyl adjacent to an activating group) is 1. The van der Waals surface area contributed by atoms with Crippen molar-refractivity contribution in [2.24, 2.45) is 0 Å². The van der Waals surface area contributed by atoms with Gasteiger partial charge >= 0.3 is 0 Å². The van der Waals surface area contributed by atoms with Crippen molar-refractivity contribution in [2.75, 3.05) is 7.05 Å². The van der Waals surface area contributed by atoms with Crippen LogP contribution in [0.5, 0.6) is 0 Å². The molecule has 3 rings (SSSR count). The van der Waals surface area contributed by atoms with Gasteiger partial charge in [0.05, 0.1) is 15.2 Å². The van der Waals surface area contributed by atoms with Crippen molar-refractivity contribution < 1.29 is 4.42 Å². The molecule has 0 saturated heterocycles. The van der Waals surface area contributed by atoms with Gasteiger partial charge in [-0.3, -0.25) is 0 Å². The van der Waals surface area contributed by atoms with Crippen LogP contribution in [0.1, 0.15) is 28.1 Å². The fraction of sp³-hybridized carbons (Fsp3) is 0.312. The van der Waals surface area contributed by atoms with Crippen LogP contribution >= 0.6 is 11.3 Å². The molecule has 1 unspecified atom stereocenters. The first-order chi connectivity index (χ1) is 9.67. The Morgan fingerprint density at radius 3 is 2.75 bits per heavy atom. The van der Waals surface area contributed by atoms with Crippen LogP contribution in [0, 0.1) is 13.8 Å². The maximum atomic E-state index is 5.64. The Labute approximate surface area is 122 Å². The third-order valence-corrected chi connectivity index (χ3v) is 4.58. The maximum Gasteiger partial charge on any atom is 0.105 e. The number of benzene rings is 1. The summed E-state index contributed by atoms with van der Waals surface area (Å²) in [6.45, 7) is 4.01. The third kappa shape index (κ3) is 2.49. The molecule has 0 bridgehead atoms. The Balaban J connectivity index is 1.89. The molecule has 0 saturated carbocycles. The monoisotopic (exact) mass is 286 g/mol. The second-order valence-electron chi connectivity index (χ2n) is 4.99. The topological polar surface area (TPSA) is 38.1 Å². The average molecular weight is 286 g/mol. The zero-order valence-electron chi connectivity index (χ0n) is 11.9. The quantitative estimate of drug-likeness (QED) is 0.787. The summed E-state index contributed by atoms with van der Waals surface area (Å²) in [6.07, 6.45) is 0.885. The van der Waals surface area contributed by atoms with E-state index >= 15 is 0 Å². The Morgan fingerprint density at radius 1 is 1.30 bits per heavy atom. The molecule has 0 radical (unpaired) electrons. The van der Waals surface area contributed by atoms with E-state index in [0.717, 1.165) is 28.5 Å². The molecule has 0 amide bonds. The Kier molecular flexibility index (Phi) is 3.59. The van der Waals surface area contributed by atoms with Crippen molar-refractivity contribution in [1.29, 1.82) is 0 Å². The molecule has 2 heterocycles. The minimum Gasteiger partial charge on any atom is -0.466 e. The molecule has 3 nitrogen and oxygen atoms in total. The predicted octanol–water partition coefficient (Wildman–Crippen LogP) is 4.01. The Morgan fingerprint density at radius 2 is 2.10 bits per heavy atom. The van der Waals surface area contributed by atoms with Crippen LogP contribution in [-0.4, -0.2) is 12.0 Å². The first-order valence-electron chi connectivity index (χ1n) is 6.76. The molecule has 0 aliphatic rings. The highest BCUT2D eigenvalue weighted by atomic mass is 32.1. The number of nitrogens with one attached hydrogen (secondary N) is 1. The number of nitrogens with zero attached hydrogens (tertiary/aromatic N) is 1. The molecular weight excluding hydrogens is 268 g/mol. The molecule has 0 fully saturated rings. The average Bonchev–Trinajstić information content (AvgIpc) is 2.98. The lowest BCUT2D eigenvalue weighted by Crippen LogP contribution is -2.19. The standard InChI is InChI=1S/C16H18N2OS/c1-10-8-12(11(2)19-10)14(17-3)9-16-18-13-6-4-5-7-15(13)20-16/h4-8,14,17H,9H2,1-3H3. The molecule has 0 spiro atoms. The minimum absolute atomic E-state index is 0.244. The lowest BCUT2D eigenvalue weighted by Gasteiger charge is -2.13. The number of furan rings is 1. The van der Waals surface area contributed by atoms with Gasteiger partial charge in [-0.1, -0.05) is 12.1 Å². The second kappa shape index (κ2) is 5.38.